The molecular weight excluding hydrogens is 226 g/mol. The van der Waals surface area contributed by atoms with Gasteiger partial charge in [-0.1, -0.05) is 12.1 Å². The number of carboxylic acid groups (broad SMARTS) is 1. The molecule has 0 aliphatic rings. The fourth-order valence-corrected chi connectivity index (χ4v) is 1.32. The fourth-order valence-electron chi connectivity index (χ4n) is 1.32. The summed E-state index contributed by atoms with van der Waals surface area (Å²) < 4.78 is 0. The number of aliphatic hydroxyl groups excluding tert-OH is 2. The highest BCUT2D eigenvalue weighted by atomic mass is 16.4. The Bertz CT molecular complexity index is 432. The van der Waals surface area contributed by atoms with Gasteiger partial charge >= 0.3 is 5.97 Å². The van der Waals surface area contributed by atoms with Gasteiger partial charge in [0.1, 0.15) is 6.10 Å². The summed E-state index contributed by atoms with van der Waals surface area (Å²) in [5, 5.41) is 29.8. The lowest BCUT2D eigenvalue weighted by atomic mass is 10.0. The summed E-state index contributed by atoms with van der Waals surface area (Å²) in [6.45, 7) is 1.33. The molecule has 1 aromatic carbocycles. The molecule has 0 aliphatic heterocycles. The summed E-state index contributed by atoms with van der Waals surface area (Å²) in [5.41, 5.74) is 0.637. The number of aliphatic hydroxyl groups is 2. The molecule has 0 aliphatic carbocycles. The number of amides is 1. The van der Waals surface area contributed by atoms with Crippen LogP contribution >= 0.6 is 0 Å². The van der Waals surface area contributed by atoms with Crippen molar-refractivity contribution in [2.75, 3.05) is 5.32 Å². The monoisotopic (exact) mass is 239 g/mol. The number of carboxylic acids is 1. The van der Waals surface area contributed by atoms with Gasteiger partial charge in [0, 0.05) is 12.6 Å². The molecule has 1 aromatic rings. The molecule has 0 spiro atoms. The van der Waals surface area contributed by atoms with Gasteiger partial charge in [-0.25, -0.2) is 4.79 Å². The summed E-state index contributed by atoms with van der Waals surface area (Å²) in [4.78, 5) is 21.3. The molecule has 2 atom stereocenters. The minimum Gasteiger partial charge on any atom is -0.479 e. The quantitative estimate of drug-likeness (QED) is 0.597. The second kappa shape index (κ2) is 5.42. The van der Waals surface area contributed by atoms with Crippen molar-refractivity contribution < 1.29 is 24.9 Å². The van der Waals surface area contributed by atoms with Crippen molar-refractivity contribution in [3.05, 3.63) is 29.8 Å². The second-order valence-electron chi connectivity index (χ2n) is 3.53. The average molecular weight is 239 g/mol. The molecule has 0 saturated heterocycles. The Morgan fingerprint density at radius 1 is 1.29 bits per heavy atom. The Kier molecular flexibility index (Phi) is 4.19. The van der Waals surface area contributed by atoms with Crippen LogP contribution in [-0.4, -0.2) is 33.3 Å². The van der Waals surface area contributed by atoms with E-state index in [1.807, 2.05) is 0 Å². The number of benzene rings is 1. The maximum Gasteiger partial charge on any atom is 0.335 e. The van der Waals surface area contributed by atoms with E-state index >= 15 is 0 Å². The lowest BCUT2D eigenvalue weighted by Crippen LogP contribution is -2.27. The first-order valence-corrected chi connectivity index (χ1v) is 4.88. The lowest BCUT2D eigenvalue weighted by Gasteiger charge is -2.15. The summed E-state index contributed by atoms with van der Waals surface area (Å²) >= 11 is 0. The molecule has 0 heterocycles. The molecule has 1 rings (SSSR count). The third-order valence-corrected chi connectivity index (χ3v) is 2.10. The first-order valence-electron chi connectivity index (χ1n) is 4.88. The molecule has 2 unspecified atom stereocenters. The Labute approximate surface area is 97.5 Å². The molecular formula is C11H13NO5. The van der Waals surface area contributed by atoms with Crippen molar-refractivity contribution in [3.63, 3.8) is 0 Å². The molecule has 6 nitrogen and oxygen atoms in total. The zero-order valence-electron chi connectivity index (χ0n) is 9.12. The van der Waals surface area contributed by atoms with Crippen LogP contribution in [0, 0.1) is 0 Å². The van der Waals surface area contributed by atoms with Crippen molar-refractivity contribution in [1.82, 2.24) is 0 Å². The van der Waals surface area contributed by atoms with Crippen molar-refractivity contribution in [2.24, 2.45) is 0 Å². The van der Waals surface area contributed by atoms with Gasteiger partial charge in [0.05, 0.1) is 0 Å². The molecule has 1 amide bonds. The molecule has 4 N–H and O–H groups in total. The highest BCUT2D eigenvalue weighted by molar-refractivity contribution is 5.88. The summed E-state index contributed by atoms with van der Waals surface area (Å²) in [7, 11) is 0. The second-order valence-corrected chi connectivity index (χ2v) is 3.53. The van der Waals surface area contributed by atoms with Gasteiger partial charge in [-0.15, -0.1) is 0 Å². The lowest BCUT2D eigenvalue weighted by molar-refractivity contribution is -0.153. The van der Waals surface area contributed by atoms with Gasteiger partial charge in [0.15, 0.2) is 6.10 Å². The van der Waals surface area contributed by atoms with E-state index < -0.39 is 18.2 Å². The predicted molar refractivity (Wildman–Crippen MR) is 59.3 cm³/mol. The van der Waals surface area contributed by atoms with Gasteiger partial charge in [0.2, 0.25) is 5.91 Å². The topological polar surface area (TPSA) is 107 Å². The van der Waals surface area contributed by atoms with E-state index in [0.29, 0.717) is 5.69 Å². The number of rotatable bonds is 4. The van der Waals surface area contributed by atoms with Crippen LogP contribution in [0.4, 0.5) is 5.69 Å². The largest absolute Gasteiger partial charge is 0.479 e. The van der Waals surface area contributed by atoms with Crippen LogP contribution in [0.25, 0.3) is 0 Å². The number of carbonyl (C=O) groups is 2. The van der Waals surface area contributed by atoms with Crippen LogP contribution in [0.1, 0.15) is 18.6 Å². The van der Waals surface area contributed by atoms with Crippen molar-refractivity contribution >= 4 is 17.6 Å². The first kappa shape index (κ1) is 13.1. The number of aliphatic carboxylic acids is 1. The van der Waals surface area contributed by atoms with Crippen LogP contribution in [-0.2, 0) is 9.59 Å². The molecule has 6 heteroatoms. The summed E-state index contributed by atoms with van der Waals surface area (Å²) in [6.07, 6.45) is -3.44. The SMILES string of the molecule is CC(=O)Nc1cccc(C(O)C(O)C(=O)O)c1. The molecule has 0 aromatic heterocycles. The molecule has 0 bridgehead atoms. The highest BCUT2D eigenvalue weighted by Crippen LogP contribution is 2.20. The van der Waals surface area contributed by atoms with E-state index in [0.717, 1.165) is 0 Å². The van der Waals surface area contributed by atoms with E-state index in [1.54, 1.807) is 12.1 Å². The normalized spacial score (nSPS) is 13.8. The third-order valence-electron chi connectivity index (χ3n) is 2.10. The summed E-state index contributed by atoms with van der Waals surface area (Å²) in [5.74, 6) is -1.79. The molecule has 17 heavy (non-hydrogen) atoms. The van der Waals surface area contributed by atoms with Gasteiger partial charge in [-0.2, -0.15) is 0 Å². The van der Waals surface area contributed by atoms with Gasteiger partial charge < -0.3 is 20.6 Å². The molecule has 0 saturated carbocycles. The average Bonchev–Trinajstić information content (AvgIpc) is 2.26. The van der Waals surface area contributed by atoms with E-state index in [1.165, 1.54) is 19.1 Å². The predicted octanol–water partition coefficient (Wildman–Crippen LogP) is 0.124. The van der Waals surface area contributed by atoms with Crippen LogP contribution < -0.4 is 5.32 Å². The number of carbonyl (C=O) groups excluding carboxylic acids is 1. The van der Waals surface area contributed by atoms with Gasteiger partial charge in [-0.3, -0.25) is 4.79 Å². The van der Waals surface area contributed by atoms with E-state index in [2.05, 4.69) is 5.32 Å². The van der Waals surface area contributed by atoms with Crippen LogP contribution in [0.15, 0.2) is 24.3 Å². The number of anilines is 1. The van der Waals surface area contributed by atoms with Crippen molar-refractivity contribution in [1.29, 1.82) is 0 Å². The Hall–Kier alpha value is -1.92. The first-order chi connectivity index (χ1) is 7.91. The number of hydrogen-bond donors (Lipinski definition) is 4. The zero-order chi connectivity index (χ0) is 13.0. The van der Waals surface area contributed by atoms with Gasteiger partial charge in [0.25, 0.3) is 0 Å². The fraction of sp³-hybridized carbons (Fsp3) is 0.273. The third kappa shape index (κ3) is 3.54. The minimum absolute atomic E-state index is 0.214. The Balaban J connectivity index is 2.91. The maximum atomic E-state index is 10.8. The van der Waals surface area contributed by atoms with Crippen LogP contribution in [0.2, 0.25) is 0 Å². The maximum absolute atomic E-state index is 10.8. The number of hydrogen-bond acceptors (Lipinski definition) is 4. The standard InChI is InChI=1S/C11H13NO5/c1-6(13)12-8-4-2-3-7(5-8)9(14)10(15)11(16)17/h2-5,9-10,14-15H,1H3,(H,12,13)(H,16,17). The summed E-state index contributed by atoms with van der Waals surface area (Å²) in [6, 6.07) is 5.99. The van der Waals surface area contributed by atoms with Crippen molar-refractivity contribution in [3.8, 4) is 0 Å². The molecule has 92 valence electrons. The minimum atomic E-state index is -1.90. The molecule has 0 radical (unpaired) electrons. The Morgan fingerprint density at radius 2 is 1.94 bits per heavy atom. The highest BCUT2D eigenvalue weighted by Gasteiger charge is 2.25. The molecule has 0 fully saturated rings. The number of nitrogens with one attached hydrogen (secondary N) is 1. The van der Waals surface area contributed by atoms with Crippen LogP contribution in [0.5, 0.6) is 0 Å². The van der Waals surface area contributed by atoms with Crippen molar-refractivity contribution in [2.45, 2.75) is 19.1 Å². The zero-order valence-corrected chi connectivity index (χ0v) is 9.12. The van der Waals surface area contributed by atoms with E-state index in [-0.39, 0.29) is 11.5 Å². The van der Waals surface area contributed by atoms with E-state index in [9.17, 15) is 19.8 Å². The van der Waals surface area contributed by atoms with Gasteiger partial charge in [-0.05, 0) is 17.7 Å². The van der Waals surface area contributed by atoms with E-state index in [4.69, 9.17) is 5.11 Å². The Morgan fingerprint density at radius 3 is 2.47 bits per heavy atom. The van der Waals surface area contributed by atoms with Crippen LogP contribution in [0.3, 0.4) is 0 Å². The smallest absolute Gasteiger partial charge is 0.335 e.